The molecule has 4 aliphatic rings. The number of fused-ring (bicyclic) bond motifs is 4. The van der Waals surface area contributed by atoms with E-state index < -0.39 is 0 Å². The molecule has 28 heavy (non-hydrogen) atoms. The zero-order valence-corrected chi connectivity index (χ0v) is 18.5. The molecule has 6 atom stereocenters. The molecule has 0 saturated heterocycles. The molecule has 0 spiro atoms. The van der Waals surface area contributed by atoms with Gasteiger partial charge in [0.05, 0.1) is 18.6 Å². The number of furan rings is 1. The number of hydrogen-bond acceptors (Lipinski definition) is 2. The van der Waals surface area contributed by atoms with Gasteiger partial charge in [-0.1, -0.05) is 45.8 Å². The van der Waals surface area contributed by atoms with E-state index in [2.05, 4.69) is 40.7 Å². The molecule has 1 heterocycles. The molecule has 2 saturated carbocycles. The van der Waals surface area contributed by atoms with E-state index in [1.165, 1.54) is 50.5 Å². The Morgan fingerprint density at radius 1 is 0.929 bits per heavy atom. The zero-order valence-electron chi connectivity index (χ0n) is 18.5. The summed E-state index contributed by atoms with van der Waals surface area (Å²) in [6.45, 7) is 12.4. The van der Waals surface area contributed by atoms with E-state index in [9.17, 15) is 5.11 Å². The summed E-state index contributed by atoms with van der Waals surface area (Å²) in [5.41, 5.74) is 6.00. The number of hydrogen-bond donors (Lipinski definition) is 1. The van der Waals surface area contributed by atoms with Crippen molar-refractivity contribution < 1.29 is 9.52 Å². The van der Waals surface area contributed by atoms with E-state index in [0.717, 1.165) is 6.42 Å². The minimum absolute atomic E-state index is 0.0299. The maximum absolute atomic E-state index is 10.7. The molecule has 0 bridgehead atoms. The van der Waals surface area contributed by atoms with Gasteiger partial charge >= 0.3 is 0 Å². The normalized spacial score (nSPS) is 47.4. The predicted molar refractivity (Wildman–Crippen MR) is 113 cm³/mol. The summed E-state index contributed by atoms with van der Waals surface area (Å²) >= 11 is 0. The molecule has 2 fully saturated rings. The minimum Gasteiger partial charge on any atom is -0.472 e. The second-order valence-corrected chi connectivity index (χ2v) is 11.7. The van der Waals surface area contributed by atoms with Crippen molar-refractivity contribution in [3.8, 4) is 0 Å². The quantitative estimate of drug-likeness (QED) is 0.538. The van der Waals surface area contributed by atoms with Crippen LogP contribution in [0, 0.1) is 27.6 Å². The first-order valence-electron chi connectivity index (χ1n) is 11.6. The van der Waals surface area contributed by atoms with E-state index in [-0.39, 0.29) is 16.9 Å². The third-order valence-electron chi connectivity index (χ3n) is 10.7. The summed E-state index contributed by atoms with van der Waals surface area (Å²) in [5, 5.41) is 10.7. The molecule has 1 aromatic heterocycles. The molecule has 2 heteroatoms. The molecule has 0 amide bonds. The van der Waals surface area contributed by atoms with E-state index in [4.69, 9.17) is 4.42 Å². The van der Waals surface area contributed by atoms with E-state index in [0.29, 0.717) is 22.7 Å². The van der Waals surface area contributed by atoms with Crippen molar-refractivity contribution >= 4 is 0 Å². The highest BCUT2D eigenvalue weighted by molar-refractivity contribution is 5.40. The van der Waals surface area contributed by atoms with Crippen LogP contribution in [0.2, 0.25) is 0 Å². The number of aliphatic hydroxyl groups is 1. The van der Waals surface area contributed by atoms with Crippen LogP contribution >= 0.6 is 0 Å². The third kappa shape index (κ3) is 2.14. The lowest BCUT2D eigenvalue weighted by Crippen LogP contribution is -2.54. The largest absolute Gasteiger partial charge is 0.472 e. The predicted octanol–water partition coefficient (Wildman–Crippen LogP) is 6.86. The van der Waals surface area contributed by atoms with Gasteiger partial charge in [-0.3, -0.25) is 0 Å². The minimum atomic E-state index is -0.144. The number of rotatable bonds is 1. The van der Waals surface area contributed by atoms with Gasteiger partial charge < -0.3 is 9.52 Å². The zero-order chi connectivity index (χ0) is 19.9. The van der Waals surface area contributed by atoms with Gasteiger partial charge in [-0.05, 0) is 96.5 Å². The van der Waals surface area contributed by atoms with Crippen molar-refractivity contribution in [1.82, 2.24) is 0 Å². The summed E-state index contributed by atoms with van der Waals surface area (Å²) in [6, 6.07) is 2.20. The summed E-state index contributed by atoms with van der Waals surface area (Å²) in [6.07, 6.45) is 13.5. The molecule has 0 aliphatic heterocycles. The van der Waals surface area contributed by atoms with Crippen LogP contribution < -0.4 is 0 Å². The van der Waals surface area contributed by atoms with Crippen molar-refractivity contribution in [2.24, 2.45) is 27.6 Å². The fourth-order valence-electron chi connectivity index (χ4n) is 8.68. The highest BCUT2D eigenvalue weighted by atomic mass is 16.3. The van der Waals surface area contributed by atoms with Gasteiger partial charge in [-0.15, -0.1) is 0 Å². The standard InChI is InChI=1S/C26H38O2/c1-23(2)21-7-6-20-19(24(21,3)12-10-22(23)27)9-14-25(4)18(8-13-26(20,25)5)17-11-15-28-16-17/h11,15-16,18,21-22,27H,6-10,12-14H2,1-5H3. The second kappa shape index (κ2) is 5.78. The fraction of sp³-hybridized carbons (Fsp3) is 0.769. The van der Waals surface area contributed by atoms with E-state index in [1.54, 1.807) is 5.57 Å². The van der Waals surface area contributed by atoms with E-state index >= 15 is 0 Å². The smallest absolute Gasteiger partial charge is 0.0937 e. The third-order valence-corrected chi connectivity index (χ3v) is 10.7. The molecule has 4 aliphatic carbocycles. The molecular formula is C26H38O2. The van der Waals surface area contributed by atoms with Crippen LogP contribution in [0.1, 0.15) is 97.5 Å². The van der Waals surface area contributed by atoms with Gasteiger partial charge in [0.25, 0.3) is 0 Å². The Labute approximate surface area is 170 Å². The Hall–Kier alpha value is -1.02. The van der Waals surface area contributed by atoms with Crippen LogP contribution in [0.4, 0.5) is 0 Å². The van der Waals surface area contributed by atoms with Crippen LogP contribution in [-0.2, 0) is 0 Å². The molecule has 2 nitrogen and oxygen atoms in total. The monoisotopic (exact) mass is 382 g/mol. The number of aliphatic hydroxyl groups excluding tert-OH is 1. The Kier molecular flexibility index (Phi) is 3.91. The van der Waals surface area contributed by atoms with Crippen molar-refractivity contribution in [2.75, 3.05) is 0 Å². The maximum atomic E-state index is 10.7. The summed E-state index contributed by atoms with van der Waals surface area (Å²) in [7, 11) is 0. The average molecular weight is 383 g/mol. The molecular weight excluding hydrogens is 344 g/mol. The van der Waals surface area contributed by atoms with Gasteiger partial charge in [-0.2, -0.15) is 0 Å². The summed E-state index contributed by atoms with van der Waals surface area (Å²) < 4.78 is 5.48. The molecule has 154 valence electrons. The van der Waals surface area contributed by atoms with Gasteiger partial charge in [-0.25, -0.2) is 0 Å². The van der Waals surface area contributed by atoms with Gasteiger partial charge in [0, 0.05) is 0 Å². The first-order valence-corrected chi connectivity index (χ1v) is 11.6. The SMILES string of the molecule is CC12CCC(O)C(C)(C)C1CCC1=C2CCC2(C)C(c3ccoc3)CCC12C. The van der Waals surface area contributed by atoms with E-state index in [1.807, 2.05) is 18.1 Å². The molecule has 1 aromatic rings. The topological polar surface area (TPSA) is 33.4 Å². The van der Waals surface area contributed by atoms with Crippen LogP contribution in [0.25, 0.3) is 0 Å². The van der Waals surface area contributed by atoms with Crippen molar-refractivity contribution in [1.29, 1.82) is 0 Å². The van der Waals surface area contributed by atoms with Crippen LogP contribution in [0.3, 0.4) is 0 Å². The average Bonchev–Trinajstić information content (AvgIpc) is 3.25. The lowest BCUT2D eigenvalue weighted by Gasteiger charge is -2.62. The maximum Gasteiger partial charge on any atom is 0.0937 e. The Balaban J connectivity index is 1.59. The molecule has 0 radical (unpaired) electrons. The second-order valence-electron chi connectivity index (χ2n) is 11.7. The van der Waals surface area contributed by atoms with Crippen molar-refractivity contribution in [3.05, 3.63) is 35.3 Å². The Morgan fingerprint density at radius 2 is 1.71 bits per heavy atom. The highest BCUT2D eigenvalue weighted by Gasteiger charge is 2.63. The molecule has 1 N–H and O–H groups in total. The highest BCUT2D eigenvalue weighted by Crippen LogP contribution is 2.73. The summed E-state index contributed by atoms with van der Waals surface area (Å²) in [4.78, 5) is 0. The van der Waals surface area contributed by atoms with Gasteiger partial charge in [0.15, 0.2) is 0 Å². The van der Waals surface area contributed by atoms with Crippen molar-refractivity contribution in [3.63, 3.8) is 0 Å². The first-order chi connectivity index (χ1) is 13.1. The van der Waals surface area contributed by atoms with Crippen LogP contribution in [0.15, 0.2) is 34.2 Å². The van der Waals surface area contributed by atoms with Crippen molar-refractivity contribution in [2.45, 2.75) is 98.0 Å². The first kappa shape index (κ1) is 19.0. The van der Waals surface area contributed by atoms with Crippen LogP contribution in [-0.4, -0.2) is 11.2 Å². The lowest BCUT2D eigenvalue weighted by atomic mass is 9.43. The molecule has 6 unspecified atom stereocenters. The van der Waals surface area contributed by atoms with Gasteiger partial charge in [0.2, 0.25) is 0 Å². The fourth-order valence-corrected chi connectivity index (χ4v) is 8.68. The summed E-state index contributed by atoms with van der Waals surface area (Å²) in [5.74, 6) is 1.24. The molecule has 0 aromatic carbocycles. The van der Waals surface area contributed by atoms with Crippen LogP contribution in [0.5, 0.6) is 0 Å². The Morgan fingerprint density at radius 3 is 2.43 bits per heavy atom. The Bertz CT molecular complexity index is 802. The molecule has 5 rings (SSSR count). The number of allylic oxidation sites excluding steroid dienone is 2. The van der Waals surface area contributed by atoms with Gasteiger partial charge in [0.1, 0.15) is 0 Å². The lowest BCUT2D eigenvalue weighted by molar-refractivity contribution is -0.0949.